The van der Waals surface area contributed by atoms with Crippen LogP contribution in [0.3, 0.4) is 0 Å². The van der Waals surface area contributed by atoms with Crippen molar-refractivity contribution < 1.29 is 19.0 Å². The largest absolute Gasteiger partial charge is 0.497 e. The quantitative estimate of drug-likeness (QED) is 0.561. The van der Waals surface area contributed by atoms with E-state index >= 15 is 0 Å². The van der Waals surface area contributed by atoms with Crippen LogP contribution in [0.15, 0.2) is 47.6 Å². The molecule has 138 valence electrons. The molecule has 0 bridgehead atoms. The summed E-state index contributed by atoms with van der Waals surface area (Å²) in [6.07, 6.45) is 1.51. The van der Waals surface area contributed by atoms with Crippen LogP contribution in [-0.2, 0) is 4.79 Å². The van der Waals surface area contributed by atoms with Crippen LogP contribution in [0, 0.1) is 0 Å². The van der Waals surface area contributed by atoms with Gasteiger partial charge < -0.3 is 19.5 Å². The highest BCUT2D eigenvalue weighted by atomic mass is 16.5. The van der Waals surface area contributed by atoms with Crippen molar-refractivity contribution in [1.29, 1.82) is 0 Å². The van der Waals surface area contributed by atoms with E-state index in [9.17, 15) is 4.79 Å². The van der Waals surface area contributed by atoms with Crippen LogP contribution in [0.2, 0.25) is 0 Å². The molecule has 0 heterocycles. The zero-order valence-corrected chi connectivity index (χ0v) is 15.3. The maximum absolute atomic E-state index is 12.2. The third kappa shape index (κ3) is 5.14. The minimum atomic E-state index is -0.465. The predicted octanol–water partition coefficient (Wildman–Crippen LogP) is 2.66. The number of ether oxygens (including phenoxy) is 3. The Labute approximate surface area is 153 Å². The molecule has 2 aromatic rings. The zero-order valence-electron chi connectivity index (χ0n) is 15.3. The summed E-state index contributed by atoms with van der Waals surface area (Å²) in [4.78, 5) is 12.2. The van der Waals surface area contributed by atoms with Crippen LogP contribution in [0.4, 0.5) is 5.69 Å². The Kier molecular flexibility index (Phi) is 6.84. The monoisotopic (exact) mass is 357 g/mol. The van der Waals surface area contributed by atoms with E-state index < -0.39 is 6.04 Å². The minimum absolute atomic E-state index is 0.265. The number of amides is 1. The normalized spacial score (nSPS) is 11.7. The van der Waals surface area contributed by atoms with Gasteiger partial charge in [0.2, 0.25) is 0 Å². The first-order chi connectivity index (χ1) is 12.6. The van der Waals surface area contributed by atoms with Gasteiger partial charge in [0.05, 0.1) is 27.5 Å². The van der Waals surface area contributed by atoms with Crippen molar-refractivity contribution in [3.63, 3.8) is 0 Å². The van der Waals surface area contributed by atoms with Gasteiger partial charge in [0.1, 0.15) is 23.3 Å². The number of hydrogen-bond acceptors (Lipinski definition) is 6. The summed E-state index contributed by atoms with van der Waals surface area (Å²) in [6, 6.07) is 12.2. The molecule has 0 aliphatic rings. The molecule has 0 aromatic heterocycles. The SMILES string of the molecule is COc1ccc(NC(C)C(=O)NN=Cc2cc(OC)ccc2OC)cc1. The van der Waals surface area contributed by atoms with Crippen molar-refractivity contribution in [2.24, 2.45) is 5.10 Å². The Morgan fingerprint density at radius 3 is 2.27 bits per heavy atom. The first-order valence-electron chi connectivity index (χ1n) is 8.03. The summed E-state index contributed by atoms with van der Waals surface area (Å²) in [5.41, 5.74) is 4.02. The van der Waals surface area contributed by atoms with Crippen molar-refractivity contribution in [3.05, 3.63) is 48.0 Å². The van der Waals surface area contributed by atoms with Gasteiger partial charge in [-0.15, -0.1) is 0 Å². The van der Waals surface area contributed by atoms with Crippen molar-refractivity contribution in [3.8, 4) is 17.2 Å². The molecule has 0 saturated heterocycles. The van der Waals surface area contributed by atoms with E-state index in [0.717, 1.165) is 11.4 Å². The fourth-order valence-corrected chi connectivity index (χ4v) is 2.21. The maximum atomic E-state index is 12.2. The molecular weight excluding hydrogens is 334 g/mol. The minimum Gasteiger partial charge on any atom is -0.497 e. The summed E-state index contributed by atoms with van der Waals surface area (Å²) in [7, 11) is 4.75. The van der Waals surface area contributed by atoms with Gasteiger partial charge in [-0.2, -0.15) is 5.10 Å². The number of methoxy groups -OCH3 is 3. The highest BCUT2D eigenvalue weighted by Gasteiger charge is 2.12. The Balaban J connectivity index is 1.95. The number of rotatable bonds is 8. The fourth-order valence-electron chi connectivity index (χ4n) is 2.21. The van der Waals surface area contributed by atoms with E-state index in [4.69, 9.17) is 14.2 Å². The van der Waals surface area contributed by atoms with Crippen molar-refractivity contribution in [2.45, 2.75) is 13.0 Å². The average molecular weight is 357 g/mol. The van der Waals surface area contributed by atoms with Gasteiger partial charge in [-0.05, 0) is 49.4 Å². The molecule has 2 rings (SSSR count). The molecule has 0 aliphatic carbocycles. The smallest absolute Gasteiger partial charge is 0.262 e. The molecule has 1 amide bonds. The van der Waals surface area contributed by atoms with Crippen LogP contribution in [0.5, 0.6) is 17.2 Å². The summed E-state index contributed by atoms with van der Waals surface area (Å²) in [5.74, 6) is 1.80. The molecule has 26 heavy (non-hydrogen) atoms. The molecular formula is C19H23N3O4. The number of nitrogens with one attached hydrogen (secondary N) is 2. The Morgan fingerprint density at radius 1 is 1.00 bits per heavy atom. The van der Waals surface area contributed by atoms with Crippen LogP contribution >= 0.6 is 0 Å². The first kappa shape index (κ1) is 19.1. The predicted molar refractivity (Wildman–Crippen MR) is 101 cm³/mol. The summed E-state index contributed by atoms with van der Waals surface area (Å²) < 4.78 is 15.6. The van der Waals surface area contributed by atoms with E-state index in [0.29, 0.717) is 17.1 Å². The van der Waals surface area contributed by atoms with Crippen LogP contribution in [0.25, 0.3) is 0 Å². The molecule has 0 aliphatic heterocycles. The average Bonchev–Trinajstić information content (AvgIpc) is 2.68. The van der Waals surface area contributed by atoms with E-state index in [1.54, 1.807) is 46.5 Å². The van der Waals surface area contributed by atoms with Crippen molar-refractivity contribution in [1.82, 2.24) is 5.43 Å². The van der Waals surface area contributed by atoms with E-state index in [-0.39, 0.29) is 5.91 Å². The number of carbonyl (C=O) groups excluding carboxylic acids is 1. The van der Waals surface area contributed by atoms with Crippen molar-refractivity contribution >= 4 is 17.8 Å². The number of carbonyl (C=O) groups is 1. The fraction of sp³-hybridized carbons (Fsp3) is 0.263. The van der Waals surface area contributed by atoms with Crippen LogP contribution in [-0.4, -0.2) is 39.5 Å². The lowest BCUT2D eigenvalue weighted by Gasteiger charge is -2.13. The topological polar surface area (TPSA) is 81.2 Å². The lowest BCUT2D eigenvalue weighted by atomic mass is 10.2. The Morgan fingerprint density at radius 2 is 1.65 bits per heavy atom. The number of hydrogen-bond donors (Lipinski definition) is 2. The standard InChI is InChI=1S/C19H23N3O4/c1-13(21-15-5-7-16(24-2)8-6-15)19(23)22-20-12-14-11-17(25-3)9-10-18(14)26-4/h5-13,21H,1-4H3,(H,22,23). The third-order valence-electron chi connectivity index (χ3n) is 3.68. The third-order valence-corrected chi connectivity index (χ3v) is 3.68. The van der Waals surface area contributed by atoms with Gasteiger partial charge >= 0.3 is 0 Å². The Bertz CT molecular complexity index is 760. The van der Waals surface area contributed by atoms with Gasteiger partial charge in [0.25, 0.3) is 5.91 Å². The number of anilines is 1. The molecule has 2 aromatic carbocycles. The number of nitrogens with zero attached hydrogens (tertiary/aromatic N) is 1. The summed E-state index contributed by atoms with van der Waals surface area (Å²) in [5, 5.41) is 7.09. The molecule has 0 fully saturated rings. The van der Waals surface area contributed by atoms with Gasteiger partial charge in [-0.25, -0.2) is 5.43 Å². The van der Waals surface area contributed by atoms with Gasteiger partial charge in [-0.3, -0.25) is 4.79 Å². The molecule has 1 unspecified atom stereocenters. The summed E-state index contributed by atoms with van der Waals surface area (Å²) >= 11 is 0. The molecule has 1 atom stereocenters. The van der Waals surface area contributed by atoms with E-state index in [1.807, 2.05) is 24.3 Å². The molecule has 7 heteroatoms. The molecule has 2 N–H and O–H groups in total. The van der Waals surface area contributed by atoms with Crippen molar-refractivity contribution in [2.75, 3.05) is 26.6 Å². The lowest BCUT2D eigenvalue weighted by molar-refractivity contribution is -0.121. The second-order valence-corrected chi connectivity index (χ2v) is 5.44. The van der Waals surface area contributed by atoms with Gasteiger partial charge in [0, 0.05) is 11.3 Å². The first-order valence-corrected chi connectivity index (χ1v) is 8.03. The lowest BCUT2D eigenvalue weighted by Crippen LogP contribution is -2.34. The molecule has 0 radical (unpaired) electrons. The van der Waals surface area contributed by atoms with Gasteiger partial charge in [-0.1, -0.05) is 0 Å². The van der Waals surface area contributed by atoms with Gasteiger partial charge in [0.15, 0.2) is 0 Å². The number of hydrazone groups is 1. The Hall–Kier alpha value is -3.22. The molecule has 0 saturated carbocycles. The van der Waals surface area contributed by atoms with Crippen LogP contribution < -0.4 is 25.0 Å². The van der Waals surface area contributed by atoms with E-state index in [2.05, 4.69) is 15.8 Å². The molecule has 0 spiro atoms. The maximum Gasteiger partial charge on any atom is 0.262 e. The zero-order chi connectivity index (χ0) is 18.9. The van der Waals surface area contributed by atoms with E-state index in [1.165, 1.54) is 6.21 Å². The molecule has 7 nitrogen and oxygen atoms in total. The highest BCUT2D eigenvalue weighted by Crippen LogP contribution is 2.22. The second kappa shape index (κ2) is 9.31. The summed E-state index contributed by atoms with van der Waals surface area (Å²) in [6.45, 7) is 1.75. The van der Waals surface area contributed by atoms with Crippen LogP contribution in [0.1, 0.15) is 12.5 Å². The second-order valence-electron chi connectivity index (χ2n) is 5.44. The number of benzene rings is 2. The highest BCUT2D eigenvalue weighted by molar-refractivity contribution is 5.88.